The third kappa shape index (κ3) is 3.23. The topological polar surface area (TPSA) is 116 Å². The van der Waals surface area contributed by atoms with Gasteiger partial charge in [-0.05, 0) is 12.1 Å². The van der Waals surface area contributed by atoms with Crippen LogP contribution in [-0.2, 0) is 15.0 Å². The molecular formula is C19H26N8O3. The van der Waals surface area contributed by atoms with Gasteiger partial charge in [-0.1, -0.05) is 20.8 Å². The number of carbonyl (C=O) groups excluding carboxylic acids is 3. The first-order chi connectivity index (χ1) is 14.1. The highest BCUT2D eigenvalue weighted by Gasteiger charge is 2.42. The number of anilines is 1. The standard InChI is InChI=1S/C19H26N8O3/c1-19(2,3)17-22-21-13-6-7-14(23-27(13)17)26-9-11(10-26)24(4)15(28)12-8-20-18(30)25(5)16(12)29/h6-7,11-12H,8-10H2,1-5H3,(H,20,30). The van der Waals surface area contributed by atoms with Crippen molar-refractivity contribution in [1.82, 2.24) is 34.9 Å². The monoisotopic (exact) mass is 414 g/mol. The predicted octanol–water partition coefficient (Wildman–Crippen LogP) is -0.133. The van der Waals surface area contributed by atoms with Crippen molar-refractivity contribution in [2.75, 3.05) is 38.6 Å². The molecule has 1 unspecified atom stereocenters. The van der Waals surface area contributed by atoms with Crippen LogP contribution in [0.15, 0.2) is 12.1 Å². The van der Waals surface area contributed by atoms with Crippen LogP contribution >= 0.6 is 0 Å². The minimum Gasteiger partial charge on any atom is -0.351 e. The molecule has 160 valence electrons. The van der Waals surface area contributed by atoms with E-state index < -0.39 is 17.9 Å². The first-order valence-corrected chi connectivity index (χ1v) is 9.88. The zero-order chi connectivity index (χ0) is 21.8. The van der Waals surface area contributed by atoms with Crippen molar-refractivity contribution in [2.24, 2.45) is 5.92 Å². The average molecular weight is 414 g/mol. The van der Waals surface area contributed by atoms with Gasteiger partial charge in [-0.25, -0.2) is 4.79 Å². The van der Waals surface area contributed by atoms with Crippen LogP contribution in [0.1, 0.15) is 26.6 Å². The maximum atomic E-state index is 12.8. The molecule has 2 aliphatic heterocycles. The summed E-state index contributed by atoms with van der Waals surface area (Å²) in [5, 5.41) is 15.7. The summed E-state index contributed by atoms with van der Waals surface area (Å²) in [4.78, 5) is 41.3. The predicted molar refractivity (Wildman–Crippen MR) is 108 cm³/mol. The minimum absolute atomic E-state index is 0.0308. The maximum Gasteiger partial charge on any atom is 0.323 e. The van der Waals surface area contributed by atoms with E-state index in [0.717, 1.165) is 16.5 Å². The van der Waals surface area contributed by atoms with E-state index in [-0.39, 0.29) is 23.9 Å². The summed E-state index contributed by atoms with van der Waals surface area (Å²) in [5.41, 5.74) is 0.500. The van der Waals surface area contributed by atoms with Gasteiger partial charge in [0.05, 0.1) is 6.04 Å². The van der Waals surface area contributed by atoms with E-state index in [2.05, 4.69) is 46.3 Å². The quantitative estimate of drug-likeness (QED) is 0.695. The van der Waals surface area contributed by atoms with Crippen LogP contribution in [0.25, 0.3) is 5.65 Å². The SMILES string of the molecule is CN1C(=O)NCC(C(=O)N(C)C2CN(c3ccc4nnc(C(C)(C)C)n4n3)C2)C1=O. The lowest BCUT2D eigenvalue weighted by molar-refractivity contribution is -0.146. The summed E-state index contributed by atoms with van der Waals surface area (Å²) in [5.74, 6) is -0.0705. The van der Waals surface area contributed by atoms with E-state index in [4.69, 9.17) is 0 Å². The van der Waals surface area contributed by atoms with Gasteiger partial charge in [0.2, 0.25) is 11.8 Å². The van der Waals surface area contributed by atoms with Crippen molar-refractivity contribution in [3.8, 4) is 0 Å². The van der Waals surface area contributed by atoms with Crippen LogP contribution in [0.5, 0.6) is 0 Å². The van der Waals surface area contributed by atoms with Crippen LogP contribution in [0.2, 0.25) is 0 Å². The minimum atomic E-state index is -0.882. The smallest absolute Gasteiger partial charge is 0.323 e. The van der Waals surface area contributed by atoms with E-state index in [1.165, 1.54) is 7.05 Å². The number of urea groups is 1. The molecule has 30 heavy (non-hydrogen) atoms. The average Bonchev–Trinajstić information content (AvgIpc) is 3.08. The molecule has 2 aliphatic rings. The highest BCUT2D eigenvalue weighted by Crippen LogP contribution is 2.25. The fraction of sp³-hybridized carbons (Fsp3) is 0.579. The van der Waals surface area contributed by atoms with E-state index in [0.29, 0.717) is 18.7 Å². The van der Waals surface area contributed by atoms with E-state index in [1.54, 1.807) is 16.5 Å². The lowest BCUT2D eigenvalue weighted by Gasteiger charge is -2.45. The Bertz CT molecular complexity index is 1020. The molecule has 1 atom stereocenters. The second-order valence-corrected chi connectivity index (χ2v) is 8.88. The summed E-state index contributed by atoms with van der Waals surface area (Å²) in [7, 11) is 3.07. The van der Waals surface area contributed by atoms with Crippen LogP contribution in [0, 0.1) is 5.92 Å². The summed E-state index contributed by atoms with van der Waals surface area (Å²) < 4.78 is 1.76. The van der Waals surface area contributed by atoms with Crippen LogP contribution in [-0.4, -0.2) is 87.2 Å². The lowest BCUT2D eigenvalue weighted by Crippen LogP contribution is -2.64. The number of hydrogen-bond donors (Lipinski definition) is 1. The van der Waals surface area contributed by atoms with Crippen LogP contribution < -0.4 is 10.2 Å². The first kappa shape index (κ1) is 20.0. The van der Waals surface area contributed by atoms with Crippen molar-refractivity contribution in [2.45, 2.75) is 32.2 Å². The lowest BCUT2D eigenvalue weighted by atomic mass is 9.96. The molecule has 4 heterocycles. The Morgan fingerprint density at radius 1 is 1.20 bits per heavy atom. The Kier molecular flexibility index (Phi) is 4.63. The van der Waals surface area contributed by atoms with Crippen LogP contribution in [0.4, 0.5) is 10.6 Å². The summed E-state index contributed by atoms with van der Waals surface area (Å²) >= 11 is 0. The highest BCUT2D eigenvalue weighted by atomic mass is 16.2. The molecule has 1 N–H and O–H groups in total. The molecule has 4 amide bonds. The summed E-state index contributed by atoms with van der Waals surface area (Å²) in [6, 6.07) is 3.26. The third-order valence-electron chi connectivity index (χ3n) is 5.69. The number of carbonyl (C=O) groups is 3. The van der Waals surface area contributed by atoms with Gasteiger partial charge in [0.1, 0.15) is 11.7 Å². The second-order valence-electron chi connectivity index (χ2n) is 8.88. The molecular weight excluding hydrogens is 388 g/mol. The number of hydrogen-bond acceptors (Lipinski definition) is 7. The van der Waals surface area contributed by atoms with Crippen molar-refractivity contribution >= 4 is 29.3 Å². The first-order valence-electron chi connectivity index (χ1n) is 9.88. The fourth-order valence-corrected chi connectivity index (χ4v) is 3.65. The number of nitrogens with zero attached hydrogens (tertiary/aromatic N) is 7. The molecule has 2 aromatic rings. The van der Waals surface area contributed by atoms with Crippen molar-refractivity contribution in [3.63, 3.8) is 0 Å². The molecule has 4 rings (SSSR count). The molecule has 0 spiro atoms. The molecule has 2 aromatic heterocycles. The maximum absolute atomic E-state index is 12.8. The van der Waals surface area contributed by atoms with Gasteiger partial charge in [-0.3, -0.25) is 14.5 Å². The van der Waals surface area contributed by atoms with Gasteiger partial charge in [-0.15, -0.1) is 15.3 Å². The number of rotatable bonds is 3. The molecule has 11 heteroatoms. The Hall–Kier alpha value is -3.24. The van der Waals surface area contributed by atoms with Gasteiger partial charge in [0.25, 0.3) is 0 Å². The number of imide groups is 1. The van der Waals surface area contributed by atoms with Crippen LogP contribution in [0.3, 0.4) is 0 Å². The number of amides is 4. The number of likely N-dealkylation sites (N-methyl/N-ethyl adjacent to an activating group) is 1. The zero-order valence-electron chi connectivity index (χ0n) is 17.8. The Morgan fingerprint density at radius 3 is 2.57 bits per heavy atom. The summed E-state index contributed by atoms with van der Waals surface area (Å²) in [6.45, 7) is 7.43. The molecule has 0 aliphatic carbocycles. The van der Waals surface area contributed by atoms with E-state index in [1.807, 2.05) is 12.1 Å². The highest BCUT2D eigenvalue weighted by molar-refractivity contribution is 6.08. The van der Waals surface area contributed by atoms with Gasteiger partial charge in [-0.2, -0.15) is 4.52 Å². The molecule has 2 fully saturated rings. The normalized spacial score (nSPS) is 20.4. The second kappa shape index (κ2) is 6.92. The Labute approximate surface area is 174 Å². The molecule has 0 radical (unpaired) electrons. The van der Waals surface area contributed by atoms with E-state index >= 15 is 0 Å². The van der Waals surface area contributed by atoms with Gasteiger partial charge in [0, 0.05) is 39.1 Å². The van der Waals surface area contributed by atoms with Crippen molar-refractivity contribution < 1.29 is 14.4 Å². The van der Waals surface area contributed by atoms with E-state index in [9.17, 15) is 14.4 Å². The molecule has 2 saturated heterocycles. The summed E-state index contributed by atoms with van der Waals surface area (Å²) in [6.07, 6.45) is 0. The zero-order valence-corrected chi connectivity index (χ0v) is 17.8. The van der Waals surface area contributed by atoms with Gasteiger partial charge >= 0.3 is 6.03 Å². The Balaban J connectivity index is 1.44. The van der Waals surface area contributed by atoms with Gasteiger partial charge in [0.15, 0.2) is 11.5 Å². The Morgan fingerprint density at radius 2 is 1.90 bits per heavy atom. The largest absolute Gasteiger partial charge is 0.351 e. The molecule has 0 saturated carbocycles. The van der Waals surface area contributed by atoms with Crippen molar-refractivity contribution in [3.05, 3.63) is 18.0 Å². The number of aromatic nitrogens is 4. The molecule has 0 aromatic carbocycles. The van der Waals surface area contributed by atoms with Gasteiger partial charge < -0.3 is 15.1 Å². The number of fused-ring (bicyclic) bond motifs is 1. The molecule has 11 nitrogen and oxygen atoms in total. The molecule has 0 bridgehead atoms. The fourth-order valence-electron chi connectivity index (χ4n) is 3.65. The van der Waals surface area contributed by atoms with Crippen molar-refractivity contribution in [1.29, 1.82) is 0 Å². The third-order valence-corrected chi connectivity index (χ3v) is 5.69. The number of nitrogens with one attached hydrogen (secondary N) is 1.